The maximum absolute atomic E-state index is 11.9. The van der Waals surface area contributed by atoms with Crippen molar-refractivity contribution in [2.75, 3.05) is 11.9 Å². The van der Waals surface area contributed by atoms with E-state index in [0.717, 1.165) is 17.2 Å². The van der Waals surface area contributed by atoms with E-state index < -0.39 is 0 Å². The minimum absolute atomic E-state index is 0.108. The number of para-hydroxylation sites is 1. The highest BCUT2D eigenvalue weighted by Crippen LogP contribution is 2.20. The first-order valence-electron chi connectivity index (χ1n) is 6.71. The second-order valence-electron chi connectivity index (χ2n) is 4.97. The molecule has 1 heterocycles. The van der Waals surface area contributed by atoms with Gasteiger partial charge in [0, 0.05) is 17.6 Å². The summed E-state index contributed by atoms with van der Waals surface area (Å²) in [5, 5.41) is 8.57. The first kappa shape index (κ1) is 14.5. The van der Waals surface area contributed by atoms with Gasteiger partial charge in [0.15, 0.2) is 5.13 Å². The van der Waals surface area contributed by atoms with Crippen LogP contribution in [0.25, 0.3) is 0 Å². The lowest BCUT2D eigenvalue weighted by Crippen LogP contribution is -2.25. The summed E-state index contributed by atoms with van der Waals surface area (Å²) in [6, 6.07) is 9.79. The standard InChI is InChI=1S/C15H19N3OS/c1-11(2)8-9-16-14(19)13-10-20-15(18-13)17-12-6-4-3-5-7-12/h3-7,10-11H,8-9H2,1-2H3,(H,16,19)(H,17,18). The van der Waals surface area contributed by atoms with Gasteiger partial charge >= 0.3 is 0 Å². The summed E-state index contributed by atoms with van der Waals surface area (Å²) >= 11 is 1.43. The zero-order valence-electron chi connectivity index (χ0n) is 11.7. The number of nitrogens with zero attached hydrogens (tertiary/aromatic N) is 1. The highest BCUT2D eigenvalue weighted by Gasteiger charge is 2.10. The molecule has 0 aliphatic rings. The van der Waals surface area contributed by atoms with Crippen LogP contribution in [0, 0.1) is 5.92 Å². The number of amides is 1. The molecule has 0 bridgehead atoms. The number of benzene rings is 1. The summed E-state index contributed by atoms with van der Waals surface area (Å²) in [4.78, 5) is 16.2. The highest BCUT2D eigenvalue weighted by atomic mass is 32.1. The van der Waals surface area contributed by atoms with Crippen LogP contribution >= 0.6 is 11.3 Å². The fourth-order valence-corrected chi connectivity index (χ4v) is 2.36. The summed E-state index contributed by atoms with van der Waals surface area (Å²) in [6.07, 6.45) is 0.977. The number of carbonyl (C=O) groups excluding carboxylic acids is 1. The van der Waals surface area contributed by atoms with Gasteiger partial charge in [0.2, 0.25) is 0 Å². The van der Waals surface area contributed by atoms with Crippen molar-refractivity contribution in [3.63, 3.8) is 0 Å². The van der Waals surface area contributed by atoms with Crippen molar-refractivity contribution in [3.8, 4) is 0 Å². The lowest BCUT2D eigenvalue weighted by Gasteiger charge is -2.05. The number of aromatic nitrogens is 1. The average Bonchev–Trinajstić information content (AvgIpc) is 2.88. The van der Waals surface area contributed by atoms with Crippen molar-refractivity contribution < 1.29 is 4.79 Å². The number of hydrogen-bond donors (Lipinski definition) is 2. The molecule has 0 aliphatic carbocycles. The van der Waals surface area contributed by atoms with Gasteiger partial charge in [0.1, 0.15) is 5.69 Å². The largest absolute Gasteiger partial charge is 0.351 e. The molecule has 1 aromatic heterocycles. The Kier molecular flexibility index (Phi) is 5.12. The Hall–Kier alpha value is -1.88. The molecule has 20 heavy (non-hydrogen) atoms. The van der Waals surface area contributed by atoms with Gasteiger partial charge in [0.05, 0.1) is 0 Å². The van der Waals surface area contributed by atoms with E-state index in [0.29, 0.717) is 18.2 Å². The lowest BCUT2D eigenvalue weighted by atomic mass is 10.1. The summed E-state index contributed by atoms with van der Waals surface area (Å²) in [6.45, 7) is 4.96. The zero-order chi connectivity index (χ0) is 14.4. The second-order valence-corrected chi connectivity index (χ2v) is 5.83. The van der Waals surface area contributed by atoms with E-state index in [9.17, 15) is 4.79 Å². The first-order chi connectivity index (χ1) is 9.65. The Bertz CT molecular complexity index is 551. The molecule has 4 nitrogen and oxygen atoms in total. The highest BCUT2D eigenvalue weighted by molar-refractivity contribution is 7.14. The molecule has 0 aliphatic heterocycles. The van der Waals surface area contributed by atoms with Crippen LogP contribution in [-0.2, 0) is 0 Å². The number of thiazole rings is 1. The van der Waals surface area contributed by atoms with E-state index in [1.165, 1.54) is 11.3 Å². The van der Waals surface area contributed by atoms with E-state index in [2.05, 4.69) is 29.5 Å². The Morgan fingerprint density at radius 3 is 2.75 bits per heavy atom. The van der Waals surface area contributed by atoms with E-state index in [1.54, 1.807) is 5.38 Å². The minimum Gasteiger partial charge on any atom is -0.351 e. The summed E-state index contributed by atoms with van der Waals surface area (Å²) in [7, 11) is 0. The van der Waals surface area contributed by atoms with E-state index in [1.807, 2.05) is 30.3 Å². The molecule has 1 aromatic carbocycles. The van der Waals surface area contributed by atoms with Crippen molar-refractivity contribution in [2.45, 2.75) is 20.3 Å². The Labute approximate surface area is 123 Å². The van der Waals surface area contributed by atoms with Crippen molar-refractivity contribution in [2.24, 2.45) is 5.92 Å². The van der Waals surface area contributed by atoms with Gasteiger partial charge in [-0.25, -0.2) is 4.98 Å². The normalized spacial score (nSPS) is 10.6. The van der Waals surface area contributed by atoms with Gasteiger partial charge < -0.3 is 10.6 Å². The fraction of sp³-hybridized carbons (Fsp3) is 0.333. The van der Waals surface area contributed by atoms with E-state index in [-0.39, 0.29) is 5.91 Å². The van der Waals surface area contributed by atoms with Crippen LogP contribution in [0.15, 0.2) is 35.7 Å². The molecule has 2 aromatic rings. The zero-order valence-corrected chi connectivity index (χ0v) is 12.5. The van der Waals surface area contributed by atoms with Crippen LogP contribution in [-0.4, -0.2) is 17.4 Å². The number of nitrogens with one attached hydrogen (secondary N) is 2. The van der Waals surface area contributed by atoms with Crippen LogP contribution in [0.3, 0.4) is 0 Å². The first-order valence-corrected chi connectivity index (χ1v) is 7.59. The third-order valence-corrected chi connectivity index (χ3v) is 3.53. The third-order valence-electron chi connectivity index (χ3n) is 2.77. The molecule has 0 saturated heterocycles. The maximum Gasteiger partial charge on any atom is 0.270 e. The number of anilines is 2. The van der Waals surface area contributed by atoms with Gasteiger partial charge in [0.25, 0.3) is 5.91 Å². The van der Waals surface area contributed by atoms with Gasteiger partial charge in [-0.1, -0.05) is 32.0 Å². The van der Waals surface area contributed by atoms with E-state index >= 15 is 0 Å². The van der Waals surface area contributed by atoms with Gasteiger partial charge in [-0.2, -0.15) is 0 Å². The second kappa shape index (κ2) is 7.05. The number of hydrogen-bond acceptors (Lipinski definition) is 4. The molecule has 0 spiro atoms. The van der Waals surface area contributed by atoms with Gasteiger partial charge in [-0.15, -0.1) is 11.3 Å². The number of rotatable bonds is 6. The molecule has 0 atom stereocenters. The topological polar surface area (TPSA) is 54.0 Å². The monoisotopic (exact) mass is 289 g/mol. The molecule has 5 heteroatoms. The van der Waals surface area contributed by atoms with Crippen LogP contribution in [0.1, 0.15) is 30.8 Å². The summed E-state index contributed by atoms with van der Waals surface area (Å²) in [5.74, 6) is 0.476. The molecule has 1 amide bonds. The molecular weight excluding hydrogens is 270 g/mol. The van der Waals surface area contributed by atoms with Crippen LogP contribution in [0.5, 0.6) is 0 Å². The molecule has 2 rings (SSSR count). The molecule has 0 fully saturated rings. The number of carbonyl (C=O) groups is 1. The quantitative estimate of drug-likeness (QED) is 0.853. The molecule has 106 valence electrons. The van der Waals surface area contributed by atoms with Crippen molar-refractivity contribution in [3.05, 3.63) is 41.4 Å². The molecule has 0 radical (unpaired) electrons. The summed E-state index contributed by atoms with van der Waals surface area (Å²) in [5.41, 5.74) is 1.44. The van der Waals surface area contributed by atoms with Crippen molar-refractivity contribution >= 4 is 28.1 Å². The minimum atomic E-state index is -0.108. The average molecular weight is 289 g/mol. The lowest BCUT2D eigenvalue weighted by molar-refractivity contribution is 0.0948. The molecule has 0 saturated carbocycles. The van der Waals surface area contributed by atoms with Crippen LogP contribution < -0.4 is 10.6 Å². The smallest absolute Gasteiger partial charge is 0.270 e. The molecule has 0 unspecified atom stereocenters. The predicted molar refractivity (Wildman–Crippen MR) is 83.6 cm³/mol. The van der Waals surface area contributed by atoms with Crippen LogP contribution in [0.2, 0.25) is 0 Å². The van der Waals surface area contributed by atoms with E-state index in [4.69, 9.17) is 0 Å². The Morgan fingerprint density at radius 1 is 1.30 bits per heavy atom. The maximum atomic E-state index is 11.9. The van der Waals surface area contributed by atoms with Gasteiger partial charge in [-0.05, 0) is 24.5 Å². The third kappa shape index (κ3) is 4.35. The van der Waals surface area contributed by atoms with Crippen molar-refractivity contribution in [1.29, 1.82) is 0 Å². The SMILES string of the molecule is CC(C)CCNC(=O)c1csc(Nc2ccccc2)n1. The predicted octanol–water partition coefficient (Wildman–Crippen LogP) is 3.66. The summed E-state index contributed by atoms with van der Waals surface area (Å²) < 4.78 is 0. The molecule has 2 N–H and O–H groups in total. The Balaban J connectivity index is 1.90. The molecular formula is C15H19N3OS. The van der Waals surface area contributed by atoms with Crippen LogP contribution in [0.4, 0.5) is 10.8 Å². The fourth-order valence-electron chi connectivity index (χ4n) is 1.65. The van der Waals surface area contributed by atoms with Gasteiger partial charge in [-0.3, -0.25) is 4.79 Å². The Morgan fingerprint density at radius 2 is 2.05 bits per heavy atom. The van der Waals surface area contributed by atoms with Crippen molar-refractivity contribution in [1.82, 2.24) is 10.3 Å².